The van der Waals surface area contributed by atoms with Crippen LogP contribution < -0.4 is 14.9 Å². The van der Waals surface area contributed by atoms with Crippen molar-refractivity contribution in [2.24, 2.45) is 5.92 Å². The fraction of sp³-hybridized carbons (Fsp3) is 0.238. The second-order valence-corrected chi connectivity index (χ2v) is 7.64. The van der Waals surface area contributed by atoms with Gasteiger partial charge in [0.2, 0.25) is 0 Å². The van der Waals surface area contributed by atoms with Gasteiger partial charge in [-0.15, -0.1) is 0 Å². The zero-order chi connectivity index (χ0) is 20.7. The Bertz CT molecular complexity index is 1160. The Morgan fingerprint density at radius 2 is 1.90 bits per heavy atom. The van der Waals surface area contributed by atoms with Crippen molar-refractivity contribution >= 4 is 40.1 Å². The van der Waals surface area contributed by atoms with Crippen LogP contribution in [0, 0.1) is 5.92 Å². The van der Waals surface area contributed by atoms with Crippen LogP contribution >= 0.6 is 23.2 Å². The average Bonchev–Trinajstić information content (AvgIpc) is 2.65. The van der Waals surface area contributed by atoms with E-state index in [1.165, 1.54) is 13.2 Å². The first-order valence-corrected chi connectivity index (χ1v) is 9.62. The highest BCUT2D eigenvalue weighted by molar-refractivity contribution is 6.34. The number of carboxylic acid groups (broad SMARTS) is 1. The number of para-hydroxylation sites is 1. The molecule has 1 saturated carbocycles. The summed E-state index contributed by atoms with van der Waals surface area (Å²) >= 11 is 12.5. The molecule has 150 valence electrons. The van der Waals surface area contributed by atoms with Gasteiger partial charge in [0.1, 0.15) is 23.4 Å². The third-order valence-electron chi connectivity index (χ3n) is 4.96. The van der Waals surface area contributed by atoms with Gasteiger partial charge in [0.25, 0.3) is 0 Å². The number of hydrogen-bond acceptors (Lipinski definition) is 5. The van der Waals surface area contributed by atoms with E-state index in [1.54, 1.807) is 30.3 Å². The van der Waals surface area contributed by atoms with Gasteiger partial charge in [0, 0.05) is 12.1 Å². The van der Waals surface area contributed by atoms with E-state index < -0.39 is 11.9 Å². The standard InChI is InChI=1S/C21H16Cl2O6/c1-27-17-8-15(23)19(28-11-5-10(6-11)21(25)26)7-13(17)18-9-16(24)12-3-2-4-14(22)20(12)29-18/h2-4,7-11H,5-6H2,1H3,(H,25,26). The van der Waals surface area contributed by atoms with Crippen molar-refractivity contribution in [2.45, 2.75) is 18.9 Å². The predicted molar refractivity (Wildman–Crippen MR) is 109 cm³/mol. The van der Waals surface area contributed by atoms with E-state index in [4.69, 9.17) is 42.2 Å². The lowest BCUT2D eigenvalue weighted by molar-refractivity contribution is -0.147. The van der Waals surface area contributed by atoms with Gasteiger partial charge < -0.3 is 19.0 Å². The number of carbonyl (C=O) groups is 1. The average molecular weight is 435 g/mol. The van der Waals surface area contributed by atoms with Gasteiger partial charge in [-0.05, 0) is 31.0 Å². The largest absolute Gasteiger partial charge is 0.496 e. The van der Waals surface area contributed by atoms with Crippen LogP contribution in [0.3, 0.4) is 0 Å². The third kappa shape index (κ3) is 3.66. The lowest BCUT2D eigenvalue weighted by Crippen LogP contribution is -2.38. The highest BCUT2D eigenvalue weighted by atomic mass is 35.5. The van der Waals surface area contributed by atoms with E-state index >= 15 is 0 Å². The van der Waals surface area contributed by atoms with Crippen LogP contribution in [0.2, 0.25) is 10.0 Å². The van der Waals surface area contributed by atoms with Gasteiger partial charge in [0.05, 0.1) is 34.0 Å². The summed E-state index contributed by atoms with van der Waals surface area (Å²) in [6, 6.07) is 9.50. The van der Waals surface area contributed by atoms with Gasteiger partial charge >= 0.3 is 5.97 Å². The van der Waals surface area contributed by atoms with Gasteiger partial charge in [0.15, 0.2) is 11.0 Å². The van der Waals surface area contributed by atoms with E-state index in [9.17, 15) is 9.59 Å². The maximum Gasteiger partial charge on any atom is 0.306 e. The Morgan fingerprint density at radius 1 is 1.14 bits per heavy atom. The first-order chi connectivity index (χ1) is 13.9. The molecule has 1 aliphatic carbocycles. The Morgan fingerprint density at radius 3 is 2.59 bits per heavy atom. The number of hydrogen-bond donors (Lipinski definition) is 1. The number of fused-ring (bicyclic) bond motifs is 1. The zero-order valence-electron chi connectivity index (χ0n) is 15.3. The van der Waals surface area contributed by atoms with Crippen LogP contribution in [0.15, 0.2) is 45.6 Å². The van der Waals surface area contributed by atoms with Crippen molar-refractivity contribution in [3.8, 4) is 22.8 Å². The Labute approximate surface area is 175 Å². The number of carboxylic acids is 1. The van der Waals surface area contributed by atoms with Crippen LogP contribution in [0.4, 0.5) is 0 Å². The molecular formula is C21H16Cl2O6. The lowest BCUT2D eigenvalue weighted by atomic mass is 9.82. The van der Waals surface area contributed by atoms with Gasteiger partial charge in [-0.25, -0.2) is 0 Å². The molecule has 2 aromatic carbocycles. The van der Waals surface area contributed by atoms with Crippen molar-refractivity contribution in [1.82, 2.24) is 0 Å². The summed E-state index contributed by atoms with van der Waals surface area (Å²) in [4.78, 5) is 23.5. The Balaban J connectivity index is 1.75. The maximum atomic E-state index is 12.5. The molecule has 4 rings (SSSR count). The van der Waals surface area contributed by atoms with Crippen molar-refractivity contribution in [3.05, 3.63) is 56.7 Å². The Hall–Kier alpha value is -2.70. The fourth-order valence-electron chi connectivity index (χ4n) is 3.31. The minimum Gasteiger partial charge on any atom is -0.496 e. The van der Waals surface area contributed by atoms with Gasteiger partial charge in [-0.1, -0.05) is 29.3 Å². The van der Waals surface area contributed by atoms with E-state index in [0.29, 0.717) is 45.3 Å². The molecule has 29 heavy (non-hydrogen) atoms. The fourth-order valence-corrected chi connectivity index (χ4v) is 3.72. The third-order valence-corrected chi connectivity index (χ3v) is 5.56. The molecule has 1 aliphatic rings. The summed E-state index contributed by atoms with van der Waals surface area (Å²) in [5.41, 5.74) is 0.505. The van der Waals surface area contributed by atoms with Crippen LogP contribution in [0.25, 0.3) is 22.3 Å². The van der Waals surface area contributed by atoms with E-state index in [0.717, 1.165) is 0 Å². The second-order valence-electron chi connectivity index (χ2n) is 6.82. The second kappa shape index (κ2) is 7.61. The Kier molecular flexibility index (Phi) is 5.15. The lowest BCUT2D eigenvalue weighted by Gasteiger charge is -2.32. The molecule has 0 unspecified atom stereocenters. The zero-order valence-corrected chi connectivity index (χ0v) is 16.8. The van der Waals surface area contributed by atoms with E-state index in [-0.39, 0.29) is 22.9 Å². The summed E-state index contributed by atoms with van der Waals surface area (Å²) in [6.45, 7) is 0. The smallest absolute Gasteiger partial charge is 0.306 e. The van der Waals surface area contributed by atoms with Crippen molar-refractivity contribution in [2.75, 3.05) is 7.11 Å². The van der Waals surface area contributed by atoms with E-state index in [2.05, 4.69) is 0 Å². The number of rotatable bonds is 5. The maximum absolute atomic E-state index is 12.5. The number of benzene rings is 2. The quantitative estimate of drug-likeness (QED) is 0.606. The molecule has 0 bridgehead atoms. The summed E-state index contributed by atoms with van der Waals surface area (Å²) in [5.74, 6) is -0.226. The molecule has 1 aromatic heterocycles. The van der Waals surface area contributed by atoms with Crippen LogP contribution in [0.1, 0.15) is 12.8 Å². The predicted octanol–water partition coefficient (Wildman–Crippen LogP) is 5.02. The molecule has 8 heteroatoms. The molecular weight excluding hydrogens is 419 g/mol. The molecule has 0 aliphatic heterocycles. The minimum absolute atomic E-state index is 0.243. The number of methoxy groups -OCH3 is 1. The first kappa shape index (κ1) is 19.6. The van der Waals surface area contributed by atoms with Crippen molar-refractivity contribution < 1.29 is 23.8 Å². The highest BCUT2D eigenvalue weighted by Crippen LogP contribution is 2.41. The van der Waals surface area contributed by atoms with Gasteiger partial charge in [-0.2, -0.15) is 0 Å². The molecule has 6 nitrogen and oxygen atoms in total. The van der Waals surface area contributed by atoms with Crippen LogP contribution in [-0.4, -0.2) is 24.3 Å². The molecule has 1 fully saturated rings. The van der Waals surface area contributed by atoms with Crippen molar-refractivity contribution in [3.63, 3.8) is 0 Å². The van der Waals surface area contributed by atoms with Crippen LogP contribution in [-0.2, 0) is 4.79 Å². The highest BCUT2D eigenvalue weighted by Gasteiger charge is 2.36. The molecule has 0 radical (unpaired) electrons. The molecule has 1 heterocycles. The van der Waals surface area contributed by atoms with Crippen LogP contribution in [0.5, 0.6) is 11.5 Å². The van der Waals surface area contributed by atoms with Crippen molar-refractivity contribution in [1.29, 1.82) is 0 Å². The van der Waals surface area contributed by atoms with Gasteiger partial charge in [-0.3, -0.25) is 9.59 Å². The molecule has 0 saturated heterocycles. The number of halogens is 2. The van der Waals surface area contributed by atoms with E-state index in [1.807, 2.05) is 0 Å². The summed E-state index contributed by atoms with van der Waals surface area (Å²) in [6.07, 6.45) is 0.578. The number of aliphatic carboxylic acids is 1. The molecule has 0 amide bonds. The monoisotopic (exact) mass is 434 g/mol. The summed E-state index contributed by atoms with van der Waals surface area (Å²) < 4.78 is 17.2. The number of ether oxygens (including phenoxy) is 2. The first-order valence-electron chi connectivity index (χ1n) is 8.87. The normalized spacial score (nSPS) is 18.3. The summed E-state index contributed by atoms with van der Waals surface area (Å²) in [5, 5.41) is 10.0. The topological polar surface area (TPSA) is 86.0 Å². The summed E-state index contributed by atoms with van der Waals surface area (Å²) in [7, 11) is 1.48. The SMILES string of the molecule is COc1cc(Cl)c(OC2CC(C(=O)O)C2)cc1-c1cc(=O)c2cccc(Cl)c2o1. The molecule has 1 N–H and O–H groups in total. The molecule has 3 aromatic rings. The molecule has 0 spiro atoms. The molecule has 0 atom stereocenters. The minimum atomic E-state index is -0.832.